The molecule has 0 saturated carbocycles. The first kappa shape index (κ1) is 11.5. The summed E-state index contributed by atoms with van der Waals surface area (Å²) in [5.41, 5.74) is 0.713. The minimum atomic E-state index is -0.447. The predicted molar refractivity (Wildman–Crippen MR) is 60.7 cm³/mol. The van der Waals surface area contributed by atoms with Crippen LogP contribution in [0.5, 0.6) is 0 Å². The molecule has 0 saturated heterocycles. The highest BCUT2D eigenvalue weighted by molar-refractivity contribution is 6.20. The normalized spacial score (nSPS) is 14.0. The molecule has 8 nitrogen and oxygen atoms in total. The van der Waals surface area contributed by atoms with E-state index in [0.29, 0.717) is 17.7 Å². The summed E-state index contributed by atoms with van der Waals surface area (Å²) >= 11 is 0. The average molecular weight is 259 g/mol. The molecule has 0 N–H and O–H groups in total. The largest absolute Gasteiger partial charge is 0.285 e. The van der Waals surface area contributed by atoms with Crippen molar-refractivity contribution in [1.82, 2.24) is 25.3 Å². The number of rotatable bonds is 4. The zero-order valence-corrected chi connectivity index (χ0v) is 9.76. The number of hydrogen-bond donors (Lipinski definition) is 0. The fourth-order valence-electron chi connectivity index (χ4n) is 1.79. The van der Waals surface area contributed by atoms with Crippen LogP contribution < -0.4 is 0 Å². The van der Waals surface area contributed by atoms with Crippen molar-refractivity contribution in [3.63, 3.8) is 0 Å². The van der Waals surface area contributed by atoms with Crippen molar-refractivity contribution in [3.8, 4) is 0 Å². The van der Waals surface area contributed by atoms with Gasteiger partial charge < -0.3 is 0 Å². The van der Waals surface area contributed by atoms with Crippen molar-refractivity contribution >= 4 is 11.8 Å². The molecule has 0 radical (unpaired) electrons. The van der Waals surface area contributed by atoms with Crippen LogP contribution >= 0.6 is 0 Å². The third-order valence-electron chi connectivity index (χ3n) is 2.69. The Morgan fingerprint density at radius 3 is 2.37 bits per heavy atom. The van der Waals surface area contributed by atoms with E-state index in [-0.39, 0.29) is 6.61 Å². The summed E-state index contributed by atoms with van der Waals surface area (Å²) in [6.45, 7) is 0.469. The Morgan fingerprint density at radius 1 is 1.11 bits per heavy atom. The van der Waals surface area contributed by atoms with Crippen molar-refractivity contribution in [2.75, 3.05) is 6.61 Å². The molecule has 0 aliphatic carbocycles. The van der Waals surface area contributed by atoms with Crippen LogP contribution in [0.3, 0.4) is 0 Å². The quantitative estimate of drug-likeness (QED) is 0.712. The highest BCUT2D eigenvalue weighted by Crippen LogP contribution is 2.22. The van der Waals surface area contributed by atoms with Crippen molar-refractivity contribution in [2.45, 2.75) is 6.54 Å². The Kier molecular flexibility index (Phi) is 2.76. The molecular formula is C11H9N5O3. The first-order chi connectivity index (χ1) is 9.27. The highest BCUT2D eigenvalue weighted by Gasteiger charge is 2.36. The maximum Gasteiger partial charge on any atom is 0.285 e. The van der Waals surface area contributed by atoms with E-state index < -0.39 is 11.8 Å². The van der Waals surface area contributed by atoms with Crippen LogP contribution in [0, 0.1) is 0 Å². The molecule has 0 fully saturated rings. The fourth-order valence-corrected chi connectivity index (χ4v) is 1.79. The lowest BCUT2D eigenvalue weighted by atomic mass is 10.1. The SMILES string of the molecule is O=C1c2ccccc2C(=O)N1OCCn1cnnn1. The van der Waals surface area contributed by atoms with Gasteiger partial charge >= 0.3 is 0 Å². The number of aromatic nitrogens is 4. The van der Waals surface area contributed by atoms with Crippen molar-refractivity contribution in [1.29, 1.82) is 0 Å². The van der Waals surface area contributed by atoms with Crippen LogP contribution in [0.25, 0.3) is 0 Å². The van der Waals surface area contributed by atoms with Gasteiger partial charge in [-0.2, -0.15) is 0 Å². The van der Waals surface area contributed by atoms with Gasteiger partial charge in [-0.3, -0.25) is 14.4 Å². The lowest BCUT2D eigenvalue weighted by molar-refractivity contribution is -0.0941. The molecule has 0 spiro atoms. The average Bonchev–Trinajstić information content (AvgIpc) is 3.02. The van der Waals surface area contributed by atoms with E-state index in [1.54, 1.807) is 24.3 Å². The Balaban J connectivity index is 1.67. The third-order valence-corrected chi connectivity index (χ3v) is 2.69. The summed E-state index contributed by atoms with van der Waals surface area (Å²) in [5, 5.41) is 11.3. The van der Waals surface area contributed by atoms with Gasteiger partial charge in [0.1, 0.15) is 6.33 Å². The number of amides is 2. The van der Waals surface area contributed by atoms with E-state index >= 15 is 0 Å². The van der Waals surface area contributed by atoms with Crippen LogP contribution in [0.4, 0.5) is 0 Å². The number of benzene rings is 1. The number of carbonyl (C=O) groups is 2. The number of hydroxylamine groups is 2. The van der Waals surface area contributed by atoms with Crippen molar-refractivity contribution in [2.24, 2.45) is 0 Å². The van der Waals surface area contributed by atoms with Gasteiger partial charge in [0.05, 0.1) is 24.3 Å². The molecule has 96 valence electrons. The number of hydrogen-bond acceptors (Lipinski definition) is 6. The molecule has 3 rings (SSSR count). The van der Waals surface area contributed by atoms with Gasteiger partial charge in [0.15, 0.2) is 0 Å². The summed E-state index contributed by atoms with van der Waals surface area (Å²) in [5.74, 6) is -0.894. The van der Waals surface area contributed by atoms with Gasteiger partial charge in [-0.05, 0) is 22.6 Å². The molecule has 1 aliphatic heterocycles. The van der Waals surface area contributed by atoms with Gasteiger partial charge in [0, 0.05) is 0 Å². The van der Waals surface area contributed by atoms with Gasteiger partial charge in [0.2, 0.25) is 0 Å². The van der Waals surface area contributed by atoms with Crippen LogP contribution in [-0.2, 0) is 11.4 Å². The molecule has 1 aromatic heterocycles. The number of carbonyl (C=O) groups excluding carboxylic acids is 2. The van der Waals surface area contributed by atoms with E-state index in [1.165, 1.54) is 11.0 Å². The second-order valence-electron chi connectivity index (χ2n) is 3.86. The Bertz CT molecular complexity index is 590. The molecule has 0 unspecified atom stereocenters. The van der Waals surface area contributed by atoms with Crippen LogP contribution in [0.15, 0.2) is 30.6 Å². The number of fused-ring (bicyclic) bond motifs is 1. The van der Waals surface area contributed by atoms with E-state index in [2.05, 4.69) is 15.5 Å². The Hall–Kier alpha value is -2.61. The molecule has 19 heavy (non-hydrogen) atoms. The Morgan fingerprint density at radius 2 is 1.79 bits per heavy atom. The molecule has 2 amide bonds. The van der Waals surface area contributed by atoms with Crippen LogP contribution in [0.1, 0.15) is 20.7 Å². The number of imide groups is 1. The van der Waals surface area contributed by atoms with Crippen LogP contribution in [0.2, 0.25) is 0 Å². The summed E-state index contributed by atoms with van der Waals surface area (Å²) in [7, 11) is 0. The molecule has 2 aromatic rings. The van der Waals surface area contributed by atoms with Gasteiger partial charge in [-0.15, -0.1) is 10.2 Å². The van der Waals surface area contributed by atoms with Gasteiger partial charge in [0.25, 0.3) is 11.8 Å². The second-order valence-corrected chi connectivity index (χ2v) is 3.86. The summed E-state index contributed by atoms with van der Waals surface area (Å²) in [6.07, 6.45) is 1.42. The van der Waals surface area contributed by atoms with E-state index in [9.17, 15) is 9.59 Å². The van der Waals surface area contributed by atoms with Gasteiger partial charge in [-0.1, -0.05) is 12.1 Å². The lowest BCUT2D eigenvalue weighted by Crippen LogP contribution is -2.31. The van der Waals surface area contributed by atoms with E-state index in [0.717, 1.165) is 5.06 Å². The maximum atomic E-state index is 11.9. The third kappa shape index (κ3) is 1.97. The Labute approximate surface area is 107 Å². The first-order valence-corrected chi connectivity index (χ1v) is 5.59. The standard InChI is InChI=1S/C11H9N5O3/c17-10-8-3-1-2-4-9(8)11(18)16(10)19-6-5-15-7-12-13-14-15/h1-4,7H,5-6H2. The van der Waals surface area contributed by atoms with Crippen LogP contribution in [-0.4, -0.2) is 43.7 Å². The summed E-state index contributed by atoms with van der Waals surface area (Å²) < 4.78 is 1.44. The van der Waals surface area contributed by atoms with E-state index in [1.807, 2.05) is 0 Å². The zero-order chi connectivity index (χ0) is 13.2. The molecule has 1 aromatic carbocycles. The molecule has 1 aliphatic rings. The molecular weight excluding hydrogens is 250 g/mol. The summed E-state index contributed by atoms with van der Waals surface area (Å²) in [4.78, 5) is 29.1. The smallest absolute Gasteiger partial charge is 0.266 e. The van der Waals surface area contributed by atoms with E-state index in [4.69, 9.17) is 4.84 Å². The minimum Gasteiger partial charge on any atom is -0.266 e. The fraction of sp³-hybridized carbons (Fsp3) is 0.182. The molecule has 2 heterocycles. The maximum absolute atomic E-state index is 11.9. The number of tetrazole rings is 1. The van der Waals surface area contributed by atoms with Gasteiger partial charge in [-0.25, -0.2) is 4.68 Å². The topological polar surface area (TPSA) is 90.2 Å². The monoisotopic (exact) mass is 259 g/mol. The number of nitrogens with zero attached hydrogens (tertiary/aromatic N) is 5. The van der Waals surface area contributed by atoms with Crippen molar-refractivity contribution < 1.29 is 14.4 Å². The second kappa shape index (κ2) is 4.58. The highest BCUT2D eigenvalue weighted by atomic mass is 16.7. The van der Waals surface area contributed by atoms with Crippen molar-refractivity contribution in [3.05, 3.63) is 41.7 Å². The molecule has 8 heteroatoms. The predicted octanol–water partition coefficient (Wildman–Crippen LogP) is -0.0991. The molecule has 0 atom stereocenters. The minimum absolute atomic E-state index is 0.122. The summed E-state index contributed by atoms with van der Waals surface area (Å²) in [6, 6.07) is 6.60. The first-order valence-electron chi connectivity index (χ1n) is 5.59. The lowest BCUT2D eigenvalue weighted by Gasteiger charge is -2.12. The molecule has 0 bridgehead atoms. The zero-order valence-electron chi connectivity index (χ0n) is 9.76.